The molecule has 2 atom stereocenters. The van der Waals surface area contributed by atoms with Gasteiger partial charge in [0, 0.05) is 6.54 Å². The van der Waals surface area contributed by atoms with Crippen LogP contribution in [0.4, 0.5) is 0 Å². The Bertz CT molecular complexity index is 365. The number of nitrogens with one attached hydrogen (secondary N) is 1. The lowest BCUT2D eigenvalue weighted by molar-refractivity contribution is 0.0154. The van der Waals surface area contributed by atoms with Gasteiger partial charge in [0.15, 0.2) is 0 Å². The quantitative estimate of drug-likeness (QED) is 0.793. The molecule has 2 rings (SSSR count). The van der Waals surface area contributed by atoms with Crippen LogP contribution in [0.15, 0.2) is 18.2 Å². The number of benzene rings is 1. The van der Waals surface area contributed by atoms with Gasteiger partial charge in [-0.05, 0) is 44.0 Å². The van der Waals surface area contributed by atoms with Crippen molar-refractivity contribution in [1.29, 1.82) is 0 Å². The van der Waals surface area contributed by atoms with Crippen LogP contribution < -0.4 is 10.1 Å². The van der Waals surface area contributed by atoms with E-state index < -0.39 is 0 Å². The van der Waals surface area contributed by atoms with Crippen molar-refractivity contribution in [3.63, 3.8) is 0 Å². The zero-order valence-electron chi connectivity index (χ0n) is 9.86. The van der Waals surface area contributed by atoms with Gasteiger partial charge in [-0.2, -0.15) is 0 Å². The molecular weight excluding hydrogens is 202 g/mol. The van der Waals surface area contributed by atoms with E-state index in [0.29, 0.717) is 6.54 Å². The molecule has 2 unspecified atom stereocenters. The summed E-state index contributed by atoms with van der Waals surface area (Å²) in [6, 6.07) is 6.02. The molecule has 0 amide bonds. The molecule has 16 heavy (non-hydrogen) atoms. The normalized spacial score (nSPS) is 25.4. The van der Waals surface area contributed by atoms with Gasteiger partial charge in [-0.3, -0.25) is 0 Å². The van der Waals surface area contributed by atoms with Gasteiger partial charge in [-0.15, -0.1) is 0 Å². The SMILES string of the molecule is Cc1cccc(OC2CNCCC2O)c1C. The summed E-state index contributed by atoms with van der Waals surface area (Å²) >= 11 is 0. The summed E-state index contributed by atoms with van der Waals surface area (Å²) in [7, 11) is 0. The summed E-state index contributed by atoms with van der Waals surface area (Å²) in [5.41, 5.74) is 2.37. The number of hydrogen-bond donors (Lipinski definition) is 2. The second kappa shape index (κ2) is 4.85. The van der Waals surface area contributed by atoms with Gasteiger partial charge >= 0.3 is 0 Å². The van der Waals surface area contributed by atoms with Crippen LogP contribution in [0.5, 0.6) is 5.75 Å². The molecule has 1 aromatic rings. The molecule has 88 valence electrons. The first kappa shape index (κ1) is 11.4. The fraction of sp³-hybridized carbons (Fsp3) is 0.538. The fourth-order valence-corrected chi connectivity index (χ4v) is 1.95. The molecular formula is C13H19NO2. The zero-order chi connectivity index (χ0) is 11.5. The number of ether oxygens (including phenoxy) is 1. The Balaban J connectivity index is 2.10. The van der Waals surface area contributed by atoms with E-state index in [0.717, 1.165) is 24.3 Å². The van der Waals surface area contributed by atoms with Crippen molar-refractivity contribution in [3.05, 3.63) is 29.3 Å². The maximum atomic E-state index is 9.83. The van der Waals surface area contributed by atoms with Crippen LogP contribution in [-0.2, 0) is 0 Å². The van der Waals surface area contributed by atoms with Crippen molar-refractivity contribution in [2.75, 3.05) is 13.1 Å². The number of aliphatic hydroxyl groups is 1. The largest absolute Gasteiger partial charge is 0.486 e. The van der Waals surface area contributed by atoms with Crippen molar-refractivity contribution in [3.8, 4) is 5.75 Å². The molecule has 0 bridgehead atoms. The molecule has 1 heterocycles. The lowest BCUT2D eigenvalue weighted by Gasteiger charge is -2.29. The molecule has 1 saturated heterocycles. The minimum absolute atomic E-state index is 0.130. The predicted molar refractivity (Wildman–Crippen MR) is 63.8 cm³/mol. The van der Waals surface area contributed by atoms with E-state index in [-0.39, 0.29) is 12.2 Å². The fourth-order valence-electron chi connectivity index (χ4n) is 1.95. The Hall–Kier alpha value is -1.06. The third-order valence-electron chi connectivity index (χ3n) is 3.22. The Morgan fingerprint density at radius 3 is 2.94 bits per heavy atom. The maximum absolute atomic E-state index is 9.83. The first-order valence-electron chi connectivity index (χ1n) is 5.80. The average Bonchev–Trinajstić information content (AvgIpc) is 2.28. The number of rotatable bonds is 2. The molecule has 1 aromatic carbocycles. The summed E-state index contributed by atoms with van der Waals surface area (Å²) in [6.07, 6.45) is 0.269. The smallest absolute Gasteiger partial charge is 0.137 e. The molecule has 0 aliphatic carbocycles. The number of aryl methyl sites for hydroxylation is 1. The van der Waals surface area contributed by atoms with Gasteiger partial charge in [0.25, 0.3) is 0 Å². The second-order valence-electron chi connectivity index (χ2n) is 4.41. The number of hydrogen-bond acceptors (Lipinski definition) is 3. The van der Waals surface area contributed by atoms with E-state index in [1.165, 1.54) is 5.56 Å². The van der Waals surface area contributed by atoms with Crippen molar-refractivity contribution < 1.29 is 9.84 Å². The van der Waals surface area contributed by atoms with E-state index in [9.17, 15) is 5.11 Å². The van der Waals surface area contributed by atoms with E-state index >= 15 is 0 Å². The van der Waals surface area contributed by atoms with Crippen LogP contribution in [0.3, 0.4) is 0 Å². The third kappa shape index (κ3) is 2.36. The van der Waals surface area contributed by atoms with Gasteiger partial charge < -0.3 is 15.2 Å². The van der Waals surface area contributed by atoms with E-state index in [1.54, 1.807) is 0 Å². The molecule has 0 saturated carbocycles. The van der Waals surface area contributed by atoms with Crippen molar-refractivity contribution in [1.82, 2.24) is 5.32 Å². The van der Waals surface area contributed by atoms with Crippen LogP contribution in [0.1, 0.15) is 17.5 Å². The Labute approximate surface area is 96.4 Å². The summed E-state index contributed by atoms with van der Waals surface area (Å²) in [4.78, 5) is 0. The molecule has 0 radical (unpaired) electrons. The van der Waals surface area contributed by atoms with Crippen LogP contribution in [0.2, 0.25) is 0 Å². The van der Waals surface area contributed by atoms with E-state index in [2.05, 4.69) is 18.3 Å². The van der Waals surface area contributed by atoms with Crippen molar-refractivity contribution >= 4 is 0 Å². The van der Waals surface area contributed by atoms with Gasteiger partial charge in [0.1, 0.15) is 11.9 Å². The molecule has 1 aliphatic rings. The lowest BCUT2D eigenvalue weighted by atomic mass is 10.1. The highest BCUT2D eigenvalue weighted by Gasteiger charge is 2.24. The summed E-state index contributed by atoms with van der Waals surface area (Å²) in [5, 5.41) is 13.1. The van der Waals surface area contributed by atoms with Crippen molar-refractivity contribution in [2.24, 2.45) is 0 Å². The minimum atomic E-state index is -0.360. The molecule has 2 N–H and O–H groups in total. The minimum Gasteiger partial charge on any atom is -0.486 e. The van der Waals surface area contributed by atoms with Gasteiger partial charge in [0.2, 0.25) is 0 Å². The molecule has 1 aliphatic heterocycles. The van der Waals surface area contributed by atoms with Crippen LogP contribution >= 0.6 is 0 Å². The topological polar surface area (TPSA) is 41.5 Å². The monoisotopic (exact) mass is 221 g/mol. The van der Waals surface area contributed by atoms with Crippen LogP contribution in [-0.4, -0.2) is 30.4 Å². The highest BCUT2D eigenvalue weighted by Crippen LogP contribution is 2.23. The van der Waals surface area contributed by atoms with E-state index in [4.69, 9.17) is 4.74 Å². The third-order valence-corrected chi connectivity index (χ3v) is 3.22. The summed E-state index contributed by atoms with van der Waals surface area (Å²) in [5.74, 6) is 0.882. The highest BCUT2D eigenvalue weighted by molar-refractivity contribution is 5.38. The Morgan fingerprint density at radius 2 is 2.19 bits per heavy atom. The van der Waals surface area contributed by atoms with Crippen molar-refractivity contribution in [2.45, 2.75) is 32.5 Å². The molecule has 0 spiro atoms. The summed E-state index contributed by atoms with van der Waals surface area (Å²) < 4.78 is 5.87. The standard InChI is InChI=1S/C13H19NO2/c1-9-4-3-5-12(10(9)2)16-13-8-14-7-6-11(13)15/h3-5,11,13-15H,6-8H2,1-2H3. The number of aliphatic hydroxyl groups excluding tert-OH is 1. The summed E-state index contributed by atoms with van der Waals surface area (Å²) in [6.45, 7) is 5.70. The van der Waals surface area contributed by atoms with E-state index in [1.807, 2.05) is 19.1 Å². The highest BCUT2D eigenvalue weighted by atomic mass is 16.5. The first-order chi connectivity index (χ1) is 7.68. The molecule has 3 nitrogen and oxygen atoms in total. The van der Waals surface area contributed by atoms with Crippen LogP contribution in [0.25, 0.3) is 0 Å². The van der Waals surface area contributed by atoms with Gasteiger partial charge in [-0.1, -0.05) is 12.1 Å². The lowest BCUT2D eigenvalue weighted by Crippen LogP contribution is -2.47. The Morgan fingerprint density at radius 1 is 1.38 bits per heavy atom. The number of piperidine rings is 1. The predicted octanol–water partition coefficient (Wildman–Crippen LogP) is 1.41. The molecule has 1 fully saturated rings. The molecule has 3 heteroatoms. The van der Waals surface area contributed by atoms with Gasteiger partial charge in [0.05, 0.1) is 6.10 Å². The molecule has 0 aromatic heterocycles. The zero-order valence-corrected chi connectivity index (χ0v) is 9.86. The second-order valence-corrected chi connectivity index (χ2v) is 4.41. The van der Waals surface area contributed by atoms with Gasteiger partial charge in [-0.25, -0.2) is 0 Å². The first-order valence-corrected chi connectivity index (χ1v) is 5.80. The Kier molecular flexibility index (Phi) is 3.46. The van der Waals surface area contributed by atoms with Crippen LogP contribution in [0, 0.1) is 13.8 Å². The average molecular weight is 221 g/mol. The maximum Gasteiger partial charge on any atom is 0.137 e.